The van der Waals surface area contributed by atoms with E-state index in [1.165, 1.54) is 55.6 Å². The molecule has 1 saturated carbocycles. The molecule has 4 nitrogen and oxygen atoms in total. The number of nitrogens with zero attached hydrogens (tertiary/aromatic N) is 1. The van der Waals surface area contributed by atoms with Crippen molar-refractivity contribution in [1.29, 1.82) is 0 Å². The van der Waals surface area contributed by atoms with E-state index in [1.807, 2.05) is 13.8 Å². The van der Waals surface area contributed by atoms with E-state index in [4.69, 9.17) is 0 Å². The molecule has 2 N–H and O–H groups in total. The van der Waals surface area contributed by atoms with Crippen molar-refractivity contribution in [3.05, 3.63) is 46.2 Å². The van der Waals surface area contributed by atoms with Crippen LogP contribution in [0.1, 0.15) is 66.0 Å². The number of anilines is 1. The van der Waals surface area contributed by atoms with Crippen molar-refractivity contribution < 1.29 is 9.18 Å². The molecule has 1 fully saturated rings. The molecule has 0 unspecified atom stereocenters. The molecule has 1 amide bonds. The summed E-state index contributed by atoms with van der Waals surface area (Å²) in [4.78, 5) is 17.7. The minimum Gasteiger partial charge on any atom is -0.359 e. The fourth-order valence-corrected chi connectivity index (χ4v) is 4.13. The summed E-state index contributed by atoms with van der Waals surface area (Å²) < 4.78 is 13.0. The van der Waals surface area contributed by atoms with Crippen LogP contribution in [-0.4, -0.2) is 16.9 Å². The normalized spacial score (nSPS) is 16.4. The van der Waals surface area contributed by atoms with Crippen LogP contribution in [0.15, 0.2) is 24.3 Å². The van der Waals surface area contributed by atoms with Gasteiger partial charge in [-0.25, -0.2) is 9.37 Å². The lowest BCUT2D eigenvalue weighted by molar-refractivity contribution is 0.0943. The Bertz CT molecular complexity index is 723. The zero-order chi connectivity index (χ0) is 17.8. The molecule has 3 rings (SSSR count). The van der Waals surface area contributed by atoms with Gasteiger partial charge < -0.3 is 10.6 Å². The van der Waals surface area contributed by atoms with Gasteiger partial charge in [0, 0.05) is 6.04 Å². The molecular weight excluding hydrogens is 337 g/mol. The van der Waals surface area contributed by atoms with Crippen LogP contribution >= 0.6 is 11.3 Å². The van der Waals surface area contributed by atoms with E-state index in [-0.39, 0.29) is 17.8 Å². The van der Waals surface area contributed by atoms with Gasteiger partial charge in [-0.2, -0.15) is 0 Å². The summed E-state index contributed by atoms with van der Waals surface area (Å²) in [5.74, 6) is -0.414. The van der Waals surface area contributed by atoms with Crippen LogP contribution in [0.3, 0.4) is 0 Å². The van der Waals surface area contributed by atoms with Crippen molar-refractivity contribution in [3.8, 4) is 0 Å². The van der Waals surface area contributed by atoms with E-state index < -0.39 is 0 Å². The number of rotatable bonds is 5. The largest absolute Gasteiger partial charge is 0.359 e. The van der Waals surface area contributed by atoms with E-state index in [0.717, 1.165) is 16.4 Å². The van der Waals surface area contributed by atoms with Crippen LogP contribution in [0, 0.1) is 12.7 Å². The summed E-state index contributed by atoms with van der Waals surface area (Å²) in [6.45, 7) is 3.75. The van der Waals surface area contributed by atoms with E-state index in [1.54, 1.807) is 12.1 Å². The van der Waals surface area contributed by atoms with Gasteiger partial charge in [0.15, 0.2) is 5.13 Å². The molecule has 25 heavy (non-hydrogen) atoms. The van der Waals surface area contributed by atoms with Gasteiger partial charge in [-0.3, -0.25) is 4.79 Å². The highest BCUT2D eigenvalue weighted by Crippen LogP contribution is 2.27. The fraction of sp³-hybridized carbons (Fsp3) is 0.474. The quantitative estimate of drug-likeness (QED) is 0.802. The highest BCUT2D eigenvalue weighted by atomic mass is 32.1. The maximum absolute atomic E-state index is 13.0. The van der Waals surface area contributed by atoms with Crippen LogP contribution in [0.25, 0.3) is 0 Å². The lowest BCUT2D eigenvalue weighted by atomic mass is 9.96. The molecule has 2 aromatic rings. The Morgan fingerprint density at radius 1 is 1.24 bits per heavy atom. The Morgan fingerprint density at radius 2 is 1.92 bits per heavy atom. The molecule has 6 heteroatoms. The molecule has 1 heterocycles. The Labute approximate surface area is 151 Å². The predicted molar refractivity (Wildman–Crippen MR) is 99.6 cm³/mol. The maximum atomic E-state index is 13.0. The Morgan fingerprint density at radius 3 is 2.60 bits per heavy atom. The van der Waals surface area contributed by atoms with Gasteiger partial charge in [0.2, 0.25) is 0 Å². The zero-order valence-electron chi connectivity index (χ0n) is 14.6. The number of aromatic nitrogens is 1. The van der Waals surface area contributed by atoms with E-state index in [2.05, 4.69) is 15.6 Å². The maximum Gasteiger partial charge on any atom is 0.263 e. The number of nitrogens with one attached hydrogen (secondary N) is 2. The minimum absolute atomic E-state index is 0.136. The molecule has 0 radical (unpaired) electrons. The third kappa shape index (κ3) is 4.57. The summed E-state index contributed by atoms with van der Waals surface area (Å²) in [6.07, 6.45) is 6.16. The van der Waals surface area contributed by atoms with E-state index in [0.29, 0.717) is 10.9 Å². The van der Waals surface area contributed by atoms with Gasteiger partial charge in [0.05, 0.1) is 11.7 Å². The third-order valence-corrected chi connectivity index (χ3v) is 5.74. The lowest BCUT2D eigenvalue weighted by Crippen LogP contribution is -2.26. The van der Waals surface area contributed by atoms with Crippen LogP contribution in [0.5, 0.6) is 0 Å². The second-order valence-electron chi connectivity index (χ2n) is 6.66. The van der Waals surface area contributed by atoms with Crippen LogP contribution < -0.4 is 10.6 Å². The number of hydrogen-bond acceptors (Lipinski definition) is 4. The zero-order valence-corrected chi connectivity index (χ0v) is 15.5. The number of hydrogen-bond donors (Lipinski definition) is 2. The first-order chi connectivity index (χ1) is 12.0. The second-order valence-corrected chi connectivity index (χ2v) is 7.66. The predicted octanol–water partition coefficient (Wildman–Crippen LogP) is 4.83. The monoisotopic (exact) mass is 361 g/mol. The minimum atomic E-state index is -0.279. The Hall–Kier alpha value is -1.95. The smallest absolute Gasteiger partial charge is 0.263 e. The Kier molecular flexibility index (Phi) is 5.68. The number of halogens is 1. The number of carbonyl (C=O) groups is 1. The van der Waals surface area contributed by atoms with Gasteiger partial charge in [-0.15, -0.1) is 0 Å². The van der Waals surface area contributed by atoms with Gasteiger partial charge in [0.25, 0.3) is 5.91 Å². The van der Waals surface area contributed by atoms with Crippen molar-refractivity contribution in [1.82, 2.24) is 10.3 Å². The second kappa shape index (κ2) is 7.95. The molecule has 1 aromatic heterocycles. The van der Waals surface area contributed by atoms with Crippen molar-refractivity contribution in [2.24, 2.45) is 0 Å². The average molecular weight is 361 g/mol. The highest BCUT2D eigenvalue weighted by Gasteiger charge is 2.20. The van der Waals surface area contributed by atoms with Gasteiger partial charge in [-0.05, 0) is 44.4 Å². The summed E-state index contributed by atoms with van der Waals surface area (Å²) in [5.41, 5.74) is 1.62. The van der Waals surface area contributed by atoms with E-state index >= 15 is 0 Å². The van der Waals surface area contributed by atoms with Crippen molar-refractivity contribution in [3.63, 3.8) is 0 Å². The SMILES string of the molecule is Cc1nc(NC2CCCCC2)sc1C(=O)N[C@@H](C)c1ccc(F)cc1. The Balaban J connectivity index is 1.64. The van der Waals surface area contributed by atoms with Crippen molar-refractivity contribution >= 4 is 22.4 Å². The molecular formula is C19H24FN3OS. The first-order valence-electron chi connectivity index (χ1n) is 8.83. The first kappa shape index (κ1) is 17.9. The number of benzene rings is 1. The average Bonchev–Trinajstić information content (AvgIpc) is 2.96. The molecule has 0 spiro atoms. The van der Waals surface area contributed by atoms with Crippen LogP contribution in [-0.2, 0) is 0 Å². The van der Waals surface area contributed by atoms with Crippen molar-refractivity contribution in [2.75, 3.05) is 5.32 Å². The van der Waals surface area contributed by atoms with Gasteiger partial charge in [-0.1, -0.05) is 42.7 Å². The summed E-state index contributed by atoms with van der Waals surface area (Å²) in [6, 6.07) is 6.47. The lowest BCUT2D eigenvalue weighted by Gasteiger charge is -2.22. The summed E-state index contributed by atoms with van der Waals surface area (Å²) >= 11 is 1.41. The number of thiazole rings is 1. The molecule has 1 aliphatic rings. The van der Waals surface area contributed by atoms with Gasteiger partial charge >= 0.3 is 0 Å². The van der Waals surface area contributed by atoms with E-state index in [9.17, 15) is 9.18 Å². The number of carbonyl (C=O) groups excluding carboxylic acids is 1. The molecule has 1 atom stereocenters. The number of amides is 1. The summed E-state index contributed by atoms with van der Waals surface area (Å²) in [7, 11) is 0. The molecule has 134 valence electrons. The summed E-state index contributed by atoms with van der Waals surface area (Å²) in [5, 5.41) is 7.27. The molecule has 1 aromatic carbocycles. The first-order valence-corrected chi connectivity index (χ1v) is 9.65. The fourth-order valence-electron chi connectivity index (χ4n) is 3.19. The van der Waals surface area contributed by atoms with Crippen LogP contribution in [0.2, 0.25) is 0 Å². The van der Waals surface area contributed by atoms with Gasteiger partial charge in [0.1, 0.15) is 10.7 Å². The molecule has 0 aliphatic heterocycles. The highest BCUT2D eigenvalue weighted by molar-refractivity contribution is 7.17. The molecule has 1 aliphatic carbocycles. The molecule has 0 saturated heterocycles. The third-order valence-electron chi connectivity index (χ3n) is 4.65. The number of aryl methyl sites for hydroxylation is 1. The van der Waals surface area contributed by atoms with Crippen LogP contribution in [0.4, 0.5) is 9.52 Å². The topological polar surface area (TPSA) is 54.0 Å². The molecule has 0 bridgehead atoms. The van der Waals surface area contributed by atoms with Crippen molar-refractivity contribution in [2.45, 2.75) is 58.0 Å². The standard InChI is InChI=1S/C19H24FN3OS/c1-12(14-8-10-15(20)11-9-14)21-18(24)17-13(2)22-19(25-17)23-16-6-4-3-5-7-16/h8-12,16H,3-7H2,1-2H3,(H,21,24)(H,22,23)/t12-/m0/s1.